The predicted molar refractivity (Wildman–Crippen MR) is 88.8 cm³/mol. The number of aryl methyl sites for hydroxylation is 1. The molecule has 3 aromatic rings. The third-order valence-electron chi connectivity index (χ3n) is 3.83. The van der Waals surface area contributed by atoms with E-state index in [1.807, 2.05) is 6.92 Å². The van der Waals surface area contributed by atoms with Gasteiger partial charge in [-0.05, 0) is 49.2 Å². The van der Waals surface area contributed by atoms with Crippen LogP contribution in [0.2, 0.25) is 0 Å². The van der Waals surface area contributed by atoms with Gasteiger partial charge in [-0.2, -0.15) is 0 Å². The molecule has 0 aliphatic rings. The summed E-state index contributed by atoms with van der Waals surface area (Å²) in [5.74, 6) is -0.884. The molecule has 5 heteroatoms. The molecule has 1 atom stereocenters. The van der Waals surface area contributed by atoms with Gasteiger partial charge in [0, 0.05) is 10.1 Å². The Morgan fingerprint density at radius 2 is 1.83 bits per heavy atom. The van der Waals surface area contributed by atoms with E-state index in [9.17, 15) is 13.6 Å². The Kier molecular flexibility index (Phi) is 4.13. The summed E-state index contributed by atoms with van der Waals surface area (Å²) < 4.78 is 27.6. The van der Waals surface area contributed by atoms with Crippen LogP contribution < -0.4 is 5.32 Å². The van der Waals surface area contributed by atoms with Gasteiger partial charge in [-0.15, -0.1) is 11.3 Å². The minimum Gasteiger partial charge on any atom is -0.345 e. The number of benzene rings is 2. The van der Waals surface area contributed by atoms with E-state index in [0.29, 0.717) is 15.8 Å². The second kappa shape index (κ2) is 6.08. The van der Waals surface area contributed by atoms with Crippen LogP contribution in [-0.2, 0) is 0 Å². The lowest BCUT2D eigenvalue weighted by Crippen LogP contribution is -2.26. The topological polar surface area (TPSA) is 29.1 Å². The van der Waals surface area contributed by atoms with E-state index in [-0.39, 0.29) is 23.6 Å². The van der Waals surface area contributed by atoms with Crippen molar-refractivity contribution in [2.75, 3.05) is 0 Å². The molecule has 118 valence electrons. The summed E-state index contributed by atoms with van der Waals surface area (Å²) in [6.45, 7) is 3.58. The van der Waals surface area contributed by atoms with Crippen molar-refractivity contribution < 1.29 is 13.6 Å². The van der Waals surface area contributed by atoms with Crippen LogP contribution in [0.3, 0.4) is 0 Å². The molecule has 0 saturated heterocycles. The molecule has 0 bridgehead atoms. The number of hydrogen-bond acceptors (Lipinski definition) is 2. The molecule has 2 nitrogen and oxygen atoms in total. The van der Waals surface area contributed by atoms with Crippen molar-refractivity contribution in [3.05, 3.63) is 70.1 Å². The Morgan fingerprint density at radius 3 is 2.48 bits per heavy atom. The zero-order chi connectivity index (χ0) is 16.6. The normalized spacial score (nSPS) is 12.3. The zero-order valence-electron chi connectivity index (χ0n) is 12.7. The first-order chi connectivity index (χ1) is 11.0. The van der Waals surface area contributed by atoms with E-state index in [4.69, 9.17) is 0 Å². The van der Waals surface area contributed by atoms with E-state index in [1.165, 1.54) is 29.5 Å². The maximum Gasteiger partial charge on any atom is 0.262 e. The maximum atomic E-state index is 13.9. The molecule has 0 fully saturated rings. The molecule has 0 radical (unpaired) electrons. The van der Waals surface area contributed by atoms with Gasteiger partial charge < -0.3 is 5.32 Å². The van der Waals surface area contributed by atoms with E-state index in [2.05, 4.69) is 5.32 Å². The van der Waals surface area contributed by atoms with Crippen molar-refractivity contribution in [2.24, 2.45) is 0 Å². The van der Waals surface area contributed by atoms with Gasteiger partial charge in [-0.25, -0.2) is 8.78 Å². The predicted octanol–water partition coefficient (Wildman–Crippen LogP) is 4.98. The van der Waals surface area contributed by atoms with E-state index in [0.717, 1.165) is 10.3 Å². The van der Waals surface area contributed by atoms with Gasteiger partial charge in [0.15, 0.2) is 0 Å². The lowest BCUT2D eigenvalue weighted by molar-refractivity contribution is 0.0943. The summed E-state index contributed by atoms with van der Waals surface area (Å²) in [6, 6.07) is 10.6. The van der Waals surface area contributed by atoms with Crippen LogP contribution in [-0.4, -0.2) is 5.91 Å². The summed E-state index contributed by atoms with van der Waals surface area (Å²) in [5, 5.41) is 3.38. The van der Waals surface area contributed by atoms with Crippen LogP contribution in [0.15, 0.2) is 42.5 Å². The van der Waals surface area contributed by atoms with Crippen LogP contribution in [0.1, 0.15) is 33.8 Å². The zero-order valence-corrected chi connectivity index (χ0v) is 13.5. The number of halogens is 2. The van der Waals surface area contributed by atoms with Crippen LogP contribution >= 0.6 is 11.3 Å². The second-order valence-electron chi connectivity index (χ2n) is 5.42. The minimum absolute atomic E-state index is 0.250. The first-order valence-corrected chi connectivity index (χ1v) is 8.03. The molecule has 3 rings (SSSR count). The Bertz CT molecular complexity index is 871. The SMILES string of the molecule is Cc1c(C(=O)N[C@H](C)c2ccc(F)cc2)sc2cccc(F)c12. The summed E-state index contributed by atoms with van der Waals surface area (Å²) >= 11 is 1.27. The average molecular weight is 331 g/mol. The third-order valence-corrected chi connectivity index (χ3v) is 5.08. The number of thiophene rings is 1. The first kappa shape index (κ1) is 15.6. The molecule has 1 amide bonds. The summed E-state index contributed by atoms with van der Waals surface area (Å²) in [4.78, 5) is 13.0. The molecule has 1 heterocycles. The van der Waals surface area contributed by atoms with Crippen molar-refractivity contribution in [1.29, 1.82) is 0 Å². The highest BCUT2D eigenvalue weighted by atomic mass is 32.1. The van der Waals surface area contributed by atoms with Crippen molar-refractivity contribution >= 4 is 27.3 Å². The Balaban J connectivity index is 1.87. The van der Waals surface area contributed by atoms with Crippen molar-refractivity contribution in [3.63, 3.8) is 0 Å². The third kappa shape index (κ3) is 2.97. The van der Waals surface area contributed by atoms with Gasteiger partial charge in [-0.3, -0.25) is 4.79 Å². The van der Waals surface area contributed by atoms with Gasteiger partial charge in [0.05, 0.1) is 10.9 Å². The molecule has 2 aromatic carbocycles. The fourth-order valence-corrected chi connectivity index (χ4v) is 3.69. The van der Waals surface area contributed by atoms with E-state index >= 15 is 0 Å². The lowest BCUT2D eigenvalue weighted by atomic mass is 10.1. The smallest absolute Gasteiger partial charge is 0.262 e. The largest absolute Gasteiger partial charge is 0.345 e. The van der Waals surface area contributed by atoms with Crippen molar-refractivity contribution in [2.45, 2.75) is 19.9 Å². The van der Waals surface area contributed by atoms with Crippen molar-refractivity contribution in [3.8, 4) is 0 Å². The number of nitrogens with one attached hydrogen (secondary N) is 1. The number of rotatable bonds is 3. The first-order valence-electron chi connectivity index (χ1n) is 7.21. The summed E-state index contributed by atoms with van der Waals surface area (Å²) in [5.41, 5.74) is 1.46. The second-order valence-corrected chi connectivity index (χ2v) is 6.47. The van der Waals surface area contributed by atoms with E-state index < -0.39 is 0 Å². The number of fused-ring (bicyclic) bond motifs is 1. The number of amides is 1. The lowest BCUT2D eigenvalue weighted by Gasteiger charge is -2.14. The molecule has 0 aliphatic heterocycles. The molecule has 23 heavy (non-hydrogen) atoms. The van der Waals surface area contributed by atoms with Gasteiger partial charge in [0.1, 0.15) is 11.6 Å². The number of carbonyl (C=O) groups is 1. The van der Waals surface area contributed by atoms with Crippen LogP contribution in [0.25, 0.3) is 10.1 Å². The number of hydrogen-bond donors (Lipinski definition) is 1. The highest BCUT2D eigenvalue weighted by Crippen LogP contribution is 2.32. The molecule has 1 N–H and O–H groups in total. The fourth-order valence-electron chi connectivity index (χ4n) is 2.57. The summed E-state index contributed by atoms with van der Waals surface area (Å²) in [7, 11) is 0. The molecular weight excluding hydrogens is 316 g/mol. The monoisotopic (exact) mass is 331 g/mol. The van der Waals surface area contributed by atoms with Gasteiger partial charge >= 0.3 is 0 Å². The summed E-state index contributed by atoms with van der Waals surface area (Å²) in [6.07, 6.45) is 0. The van der Waals surface area contributed by atoms with Crippen LogP contribution in [0.4, 0.5) is 8.78 Å². The Hall–Kier alpha value is -2.27. The highest BCUT2D eigenvalue weighted by molar-refractivity contribution is 7.21. The average Bonchev–Trinajstić information content (AvgIpc) is 2.86. The quantitative estimate of drug-likeness (QED) is 0.720. The molecule has 0 saturated carbocycles. The highest BCUT2D eigenvalue weighted by Gasteiger charge is 2.19. The molecule has 0 spiro atoms. The van der Waals surface area contributed by atoms with Gasteiger partial charge in [-0.1, -0.05) is 18.2 Å². The molecule has 0 unspecified atom stereocenters. The molecular formula is C18H15F2NOS. The van der Waals surface area contributed by atoms with Crippen LogP contribution in [0, 0.1) is 18.6 Å². The van der Waals surface area contributed by atoms with Crippen LogP contribution in [0.5, 0.6) is 0 Å². The van der Waals surface area contributed by atoms with E-state index in [1.54, 1.807) is 31.2 Å². The Morgan fingerprint density at radius 1 is 1.13 bits per heavy atom. The fraction of sp³-hybridized carbons (Fsp3) is 0.167. The Labute approximate surface area is 136 Å². The molecule has 1 aromatic heterocycles. The number of carbonyl (C=O) groups excluding carboxylic acids is 1. The van der Waals surface area contributed by atoms with Gasteiger partial charge in [0.25, 0.3) is 5.91 Å². The van der Waals surface area contributed by atoms with Gasteiger partial charge in [0.2, 0.25) is 0 Å². The maximum absolute atomic E-state index is 13.9. The minimum atomic E-state index is -0.318. The standard InChI is InChI=1S/C18H15F2NOS/c1-10-16-14(20)4-3-5-15(16)23-17(10)18(22)21-11(2)12-6-8-13(19)9-7-12/h3-9,11H,1-2H3,(H,21,22)/t11-/m1/s1. The van der Waals surface area contributed by atoms with Crippen molar-refractivity contribution in [1.82, 2.24) is 5.32 Å². The molecule has 0 aliphatic carbocycles.